The molecule has 5 nitrogen and oxygen atoms in total. The molecule has 0 N–H and O–H groups in total. The van der Waals surface area contributed by atoms with Crippen molar-refractivity contribution in [2.24, 2.45) is 0 Å². The third kappa shape index (κ3) is 3.76. The molecular weight excluding hydrogens is 334 g/mol. The fraction of sp³-hybridized carbons (Fsp3) is 0.789. The second-order valence-corrected chi connectivity index (χ2v) is 9.16. The summed E-state index contributed by atoms with van der Waals surface area (Å²) >= 11 is 1.80. The van der Waals surface area contributed by atoms with Crippen molar-refractivity contribution in [3.8, 4) is 0 Å². The molecule has 0 bridgehead atoms. The summed E-state index contributed by atoms with van der Waals surface area (Å²) in [5.41, 5.74) is 0.0847. The first-order valence-corrected chi connectivity index (χ1v) is 10.5. The van der Waals surface area contributed by atoms with Gasteiger partial charge in [-0.3, -0.25) is 9.69 Å². The summed E-state index contributed by atoms with van der Waals surface area (Å²) in [6.07, 6.45) is 9.70. The minimum atomic E-state index is 0.0847. The Labute approximate surface area is 154 Å². The number of nitrogens with zero attached hydrogens (tertiary/aromatic N) is 3. The predicted octanol–water partition coefficient (Wildman–Crippen LogP) is 2.98. The number of carbonyl (C=O) groups excluding carboxylic acids is 1. The monoisotopic (exact) mass is 363 g/mol. The lowest BCUT2D eigenvalue weighted by molar-refractivity contribution is -0.133. The van der Waals surface area contributed by atoms with Crippen molar-refractivity contribution in [1.82, 2.24) is 14.8 Å². The van der Waals surface area contributed by atoms with Crippen LogP contribution in [0.5, 0.6) is 0 Å². The number of likely N-dealkylation sites (tertiary alicyclic amines) is 2. The Hall–Kier alpha value is -0.980. The summed E-state index contributed by atoms with van der Waals surface area (Å²) in [5, 5.41) is 1.14. The maximum absolute atomic E-state index is 12.6. The molecule has 2 atom stereocenters. The number of ether oxygens (including phenoxy) is 1. The van der Waals surface area contributed by atoms with E-state index in [0.29, 0.717) is 5.91 Å². The first-order chi connectivity index (χ1) is 12.1. The third-order valence-corrected chi connectivity index (χ3v) is 7.04. The largest absolute Gasteiger partial charge is 0.376 e. The van der Waals surface area contributed by atoms with Crippen LogP contribution in [0.25, 0.3) is 0 Å². The minimum Gasteiger partial charge on any atom is -0.376 e. The van der Waals surface area contributed by atoms with Gasteiger partial charge < -0.3 is 9.64 Å². The number of hydrogen-bond acceptors (Lipinski definition) is 5. The van der Waals surface area contributed by atoms with Crippen molar-refractivity contribution in [2.45, 2.75) is 70.1 Å². The normalized spacial score (nSPS) is 31.2. The van der Waals surface area contributed by atoms with Gasteiger partial charge in [-0.1, -0.05) is 0 Å². The van der Waals surface area contributed by atoms with E-state index in [1.165, 1.54) is 11.3 Å². The number of aryl methyl sites for hydroxylation is 1. The first-order valence-electron chi connectivity index (χ1n) is 9.70. The van der Waals surface area contributed by atoms with E-state index in [-0.39, 0.29) is 11.6 Å². The van der Waals surface area contributed by atoms with E-state index < -0.39 is 0 Å². The molecule has 0 aliphatic carbocycles. The number of thiazole rings is 1. The summed E-state index contributed by atoms with van der Waals surface area (Å²) in [5.74, 6) is 0.349. The zero-order valence-corrected chi connectivity index (χ0v) is 16.0. The quantitative estimate of drug-likeness (QED) is 0.825. The molecule has 3 aliphatic rings. The second kappa shape index (κ2) is 7.33. The van der Waals surface area contributed by atoms with Crippen molar-refractivity contribution >= 4 is 17.2 Å². The Bertz CT molecular complexity index is 614. The Morgan fingerprint density at radius 1 is 1.32 bits per heavy atom. The number of aromatic nitrogens is 1. The number of carbonyl (C=O) groups is 1. The highest BCUT2D eigenvalue weighted by molar-refractivity contribution is 7.11. The lowest BCUT2D eigenvalue weighted by atomic mass is 9.87. The Morgan fingerprint density at radius 2 is 2.24 bits per heavy atom. The molecule has 0 aromatic carbocycles. The van der Waals surface area contributed by atoms with Gasteiger partial charge in [0.1, 0.15) is 0 Å². The van der Waals surface area contributed by atoms with Gasteiger partial charge in [-0.15, -0.1) is 11.3 Å². The molecule has 0 unspecified atom stereocenters. The smallest absolute Gasteiger partial charge is 0.223 e. The van der Waals surface area contributed by atoms with Crippen LogP contribution < -0.4 is 0 Å². The molecule has 25 heavy (non-hydrogen) atoms. The average molecular weight is 364 g/mol. The molecule has 1 spiro atoms. The van der Waals surface area contributed by atoms with Gasteiger partial charge in [-0.05, 0) is 52.0 Å². The fourth-order valence-electron chi connectivity index (χ4n) is 4.77. The summed E-state index contributed by atoms with van der Waals surface area (Å²) in [7, 11) is 0. The molecule has 1 aromatic heterocycles. The van der Waals surface area contributed by atoms with Crippen LogP contribution in [-0.2, 0) is 16.1 Å². The SMILES string of the molecule is Cc1ncc(CN2CCC[C@]3(CCC(=O)N3C[C@@H]3CCCO3)CC2)s1. The molecule has 4 heterocycles. The van der Waals surface area contributed by atoms with Crippen LogP contribution in [0.1, 0.15) is 54.8 Å². The van der Waals surface area contributed by atoms with Crippen LogP contribution >= 0.6 is 11.3 Å². The zero-order chi connectivity index (χ0) is 17.3. The van der Waals surface area contributed by atoms with Gasteiger partial charge in [0.2, 0.25) is 5.91 Å². The van der Waals surface area contributed by atoms with Crippen LogP contribution in [-0.4, -0.2) is 58.6 Å². The second-order valence-electron chi connectivity index (χ2n) is 7.84. The number of rotatable bonds is 4. The molecule has 3 aliphatic heterocycles. The summed E-state index contributed by atoms with van der Waals surface area (Å²) < 4.78 is 5.82. The van der Waals surface area contributed by atoms with Gasteiger partial charge >= 0.3 is 0 Å². The van der Waals surface area contributed by atoms with Gasteiger partial charge in [0, 0.05) is 49.3 Å². The van der Waals surface area contributed by atoms with Gasteiger partial charge in [0.05, 0.1) is 11.1 Å². The maximum Gasteiger partial charge on any atom is 0.223 e. The van der Waals surface area contributed by atoms with E-state index in [0.717, 1.165) is 76.3 Å². The van der Waals surface area contributed by atoms with Gasteiger partial charge in [-0.2, -0.15) is 0 Å². The first kappa shape index (κ1) is 17.4. The molecule has 3 saturated heterocycles. The molecule has 0 radical (unpaired) electrons. The van der Waals surface area contributed by atoms with E-state index in [4.69, 9.17) is 4.74 Å². The summed E-state index contributed by atoms with van der Waals surface area (Å²) in [4.78, 5) is 23.1. The topological polar surface area (TPSA) is 45.7 Å². The van der Waals surface area contributed by atoms with Crippen molar-refractivity contribution in [3.05, 3.63) is 16.1 Å². The fourth-order valence-corrected chi connectivity index (χ4v) is 5.61. The van der Waals surface area contributed by atoms with Crippen LogP contribution in [0.2, 0.25) is 0 Å². The Balaban J connectivity index is 1.41. The van der Waals surface area contributed by atoms with E-state index in [9.17, 15) is 4.79 Å². The van der Waals surface area contributed by atoms with Crippen molar-refractivity contribution in [1.29, 1.82) is 0 Å². The Kier molecular flexibility index (Phi) is 5.11. The van der Waals surface area contributed by atoms with Crippen molar-refractivity contribution in [2.75, 3.05) is 26.2 Å². The summed E-state index contributed by atoms with van der Waals surface area (Å²) in [6, 6.07) is 0. The number of amides is 1. The Morgan fingerprint density at radius 3 is 3.00 bits per heavy atom. The molecule has 6 heteroatoms. The lowest BCUT2D eigenvalue weighted by Crippen LogP contribution is -2.49. The molecular formula is C19H29N3O2S. The summed E-state index contributed by atoms with van der Waals surface area (Å²) in [6.45, 7) is 6.95. The average Bonchev–Trinajstić information content (AvgIpc) is 3.27. The van der Waals surface area contributed by atoms with Gasteiger partial charge in [-0.25, -0.2) is 4.98 Å². The molecule has 4 rings (SSSR count). The van der Waals surface area contributed by atoms with Gasteiger partial charge in [0.25, 0.3) is 0 Å². The third-order valence-electron chi connectivity index (χ3n) is 6.15. The van der Waals surface area contributed by atoms with E-state index in [1.807, 2.05) is 6.20 Å². The highest BCUT2D eigenvalue weighted by Crippen LogP contribution is 2.40. The zero-order valence-electron chi connectivity index (χ0n) is 15.2. The van der Waals surface area contributed by atoms with Crippen molar-refractivity contribution < 1.29 is 9.53 Å². The van der Waals surface area contributed by atoms with Crippen LogP contribution in [0.15, 0.2) is 6.20 Å². The standard InChI is InChI=1S/C19H29N3O2S/c1-15-20-12-17(25-15)14-21-9-3-6-19(8-10-21)7-5-18(23)22(19)13-16-4-2-11-24-16/h12,16H,2-11,13-14H2,1H3/t16-,19-/m0/s1. The lowest BCUT2D eigenvalue weighted by Gasteiger charge is -2.39. The van der Waals surface area contributed by atoms with Crippen molar-refractivity contribution in [3.63, 3.8) is 0 Å². The number of hydrogen-bond donors (Lipinski definition) is 0. The molecule has 0 saturated carbocycles. The maximum atomic E-state index is 12.6. The molecule has 1 amide bonds. The van der Waals surface area contributed by atoms with E-state index in [2.05, 4.69) is 21.7 Å². The van der Waals surface area contributed by atoms with Crippen LogP contribution in [0, 0.1) is 6.92 Å². The molecule has 1 aromatic rings. The highest BCUT2D eigenvalue weighted by Gasteiger charge is 2.46. The predicted molar refractivity (Wildman–Crippen MR) is 98.6 cm³/mol. The molecule has 138 valence electrons. The van der Waals surface area contributed by atoms with Crippen LogP contribution in [0.3, 0.4) is 0 Å². The highest BCUT2D eigenvalue weighted by atomic mass is 32.1. The molecule has 3 fully saturated rings. The minimum absolute atomic E-state index is 0.0847. The van der Waals surface area contributed by atoms with E-state index >= 15 is 0 Å². The van der Waals surface area contributed by atoms with Gasteiger partial charge in [0.15, 0.2) is 0 Å². The van der Waals surface area contributed by atoms with E-state index in [1.54, 1.807) is 11.3 Å². The van der Waals surface area contributed by atoms with Crippen LogP contribution in [0.4, 0.5) is 0 Å².